The first kappa shape index (κ1) is 9.06. The highest BCUT2D eigenvalue weighted by Gasteiger charge is 2.06. The maximum Gasteiger partial charge on any atom is 0.160 e. The zero-order chi connectivity index (χ0) is 9.42. The molecule has 0 atom stereocenters. The van der Waals surface area contributed by atoms with Gasteiger partial charge < -0.3 is 0 Å². The molecule has 0 amide bonds. The standard InChI is InChI=1S/C9H5ClOS2/c10-7-1-2-8-6(9(7)12)3-5(4-11)13-8/h1-4,12H. The summed E-state index contributed by atoms with van der Waals surface area (Å²) in [5.74, 6) is 0. The molecule has 2 aromatic rings. The molecule has 0 unspecified atom stereocenters. The number of thiol groups is 1. The fourth-order valence-corrected chi connectivity index (χ4v) is 2.53. The third-order valence-electron chi connectivity index (χ3n) is 1.76. The van der Waals surface area contributed by atoms with Gasteiger partial charge in [0, 0.05) is 15.0 Å². The number of benzene rings is 1. The Morgan fingerprint density at radius 1 is 1.46 bits per heavy atom. The van der Waals surface area contributed by atoms with Gasteiger partial charge in [0.25, 0.3) is 0 Å². The average Bonchev–Trinajstić information content (AvgIpc) is 2.55. The Labute approximate surface area is 89.7 Å². The van der Waals surface area contributed by atoms with E-state index < -0.39 is 0 Å². The maximum atomic E-state index is 10.5. The number of rotatable bonds is 1. The largest absolute Gasteiger partial charge is 0.297 e. The Balaban J connectivity index is 2.83. The zero-order valence-electron chi connectivity index (χ0n) is 6.45. The molecule has 13 heavy (non-hydrogen) atoms. The summed E-state index contributed by atoms with van der Waals surface area (Å²) < 4.78 is 1.04. The molecule has 0 N–H and O–H groups in total. The summed E-state index contributed by atoms with van der Waals surface area (Å²) in [5, 5.41) is 1.56. The van der Waals surface area contributed by atoms with E-state index in [0.717, 1.165) is 21.3 Å². The number of carbonyl (C=O) groups is 1. The summed E-state index contributed by atoms with van der Waals surface area (Å²) in [7, 11) is 0. The summed E-state index contributed by atoms with van der Waals surface area (Å²) in [6.07, 6.45) is 0.839. The van der Waals surface area contributed by atoms with E-state index in [9.17, 15) is 4.79 Å². The Bertz CT molecular complexity index is 476. The molecule has 0 saturated carbocycles. The second-order valence-electron chi connectivity index (χ2n) is 2.57. The number of hydrogen-bond acceptors (Lipinski definition) is 3. The molecule has 1 aromatic heterocycles. The van der Waals surface area contributed by atoms with Crippen LogP contribution in [0.1, 0.15) is 9.67 Å². The van der Waals surface area contributed by atoms with Crippen LogP contribution in [0.5, 0.6) is 0 Å². The summed E-state index contributed by atoms with van der Waals surface area (Å²) in [4.78, 5) is 12.0. The van der Waals surface area contributed by atoms with E-state index in [4.69, 9.17) is 11.6 Å². The van der Waals surface area contributed by atoms with Crippen molar-refractivity contribution in [2.24, 2.45) is 0 Å². The molecule has 0 spiro atoms. The minimum atomic E-state index is 0.617. The molecular weight excluding hydrogens is 224 g/mol. The smallest absolute Gasteiger partial charge is 0.160 e. The van der Waals surface area contributed by atoms with E-state index in [2.05, 4.69) is 12.6 Å². The molecule has 0 aliphatic rings. The fraction of sp³-hybridized carbons (Fsp3) is 0. The van der Waals surface area contributed by atoms with Gasteiger partial charge in [-0.3, -0.25) is 4.79 Å². The van der Waals surface area contributed by atoms with E-state index in [-0.39, 0.29) is 0 Å². The highest BCUT2D eigenvalue weighted by atomic mass is 35.5. The van der Waals surface area contributed by atoms with Crippen LogP contribution < -0.4 is 0 Å². The number of fused-ring (bicyclic) bond motifs is 1. The molecule has 0 aliphatic carbocycles. The quantitative estimate of drug-likeness (QED) is 0.582. The van der Waals surface area contributed by atoms with Gasteiger partial charge in [-0.1, -0.05) is 11.6 Å². The van der Waals surface area contributed by atoms with E-state index in [1.807, 2.05) is 6.07 Å². The van der Waals surface area contributed by atoms with E-state index in [1.54, 1.807) is 12.1 Å². The first-order valence-electron chi connectivity index (χ1n) is 3.58. The van der Waals surface area contributed by atoms with Gasteiger partial charge in [0.2, 0.25) is 0 Å². The third-order valence-corrected chi connectivity index (χ3v) is 3.71. The first-order chi connectivity index (χ1) is 6.22. The summed E-state index contributed by atoms with van der Waals surface area (Å²) >= 11 is 11.6. The van der Waals surface area contributed by atoms with Crippen molar-refractivity contribution < 1.29 is 4.79 Å². The van der Waals surface area contributed by atoms with Gasteiger partial charge in [-0.2, -0.15) is 0 Å². The number of thiophene rings is 1. The molecule has 0 bridgehead atoms. The average molecular weight is 229 g/mol. The monoisotopic (exact) mass is 228 g/mol. The molecule has 2 rings (SSSR count). The van der Waals surface area contributed by atoms with Crippen molar-refractivity contribution >= 4 is 51.9 Å². The van der Waals surface area contributed by atoms with Crippen LogP contribution in [0.25, 0.3) is 10.1 Å². The molecule has 66 valence electrons. The fourth-order valence-electron chi connectivity index (χ4n) is 1.15. The maximum absolute atomic E-state index is 10.5. The first-order valence-corrected chi connectivity index (χ1v) is 5.22. The molecule has 1 nitrogen and oxygen atoms in total. The number of carbonyl (C=O) groups excluding carboxylic acids is 1. The Hall–Kier alpha value is -0.510. The second-order valence-corrected chi connectivity index (χ2v) is 4.54. The van der Waals surface area contributed by atoms with Crippen molar-refractivity contribution in [3.8, 4) is 0 Å². The van der Waals surface area contributed by atoms with Gasteiger partial charge in [0.15, 0.2) is 6.29 Å². The van der Waals surface area contributed by atoms with Crippen LogP contribution in [0.15, 0.2) is 23.1 Å². The summed E-state index contributed by atoms with van der Waals surface area (Å²) in [6.45, 7) is 0. The van der Waals surface area contributed by atoms with Crippen LogP contribution in [-0.2, 0) is 0 Å². The van der Waals surface area contributed by atoms with Crippen molar-refractivity contribution in [2.75, 3.05) is 0 Å². The minimum Gasteiger partial charge on any atom is -0.297 e. The van der Waals surface area contributed by atoms with E-state index in [0.29, 0.717) is 9.90 Å². The Morgan fingerprint density at radius 2 is 2.23 bits per heavy atom. The van der Waals surface area contributed by atoms with Gasteiger partial charge in [-0.15, -0.1) is 24.0 Å². The van der Waals surface area contributed by atoms with Crippen molar-refractivity contribution in [1.82, 2.24) is 0 Å². The van der Waals surface area contributed by atoms with Crippen LogP contribution in [0.3, 0.4) is 0 Å². The summed E-state index contributed by atoms with van der Waals surface area (Å²) in [6, 6.07) is 5.49. The molecule has 0 aliphatic heterocycles. The lowest BCUT2D eigenvalue weighted by molar-refractivity contribution is 0.112. The highest BCUT2D eigenvalue weighted by molar-refractivity contribution is 7.80. The predicted molar refractivity (Wildman–Crippen MR) is 59.5 cm³/mol. The number of hydrogen-bond donors (Lipinski definition) is 1. The third kappa shape index (κ3) is 1.47. The van der Waals surface area contributed by atoms with Gasteiger partial charge in [-0.25, -0.2) is 0 Å². The molecule has 0 saturated heterocycles. The van der Waals surface area contributed by atoms with Gasteiger partial charge in [-0.05, 0) is 18.2 Å². The van der Waals surface area contributed by atoms with E-state index >= 15 is 0 Å². The normalized spacial score (nSPS) is 10.6. The Morgan fingerprint density at radius 3 is 2.92 bits per heavy atom. The second kappa shape index (κ2) is 3.33. The minimum absolute atomic E-state index is 0.617. The van der Waals surface area contributed by atoms with Crippen molar-refractivity contribution in [1.29, 1.82) is 0 Å². The van der Waals surface area contributed by atoms with Gasteiger partial charge in [0.1, 0.15) is 0 Å². The zero-order valence-corrected chi connectivity index (χ0v) is 8.92. The molecular formula is C9H5ClOS2. The van der Waals surface area contributed by atoms with Crippen LogP contribution >= 0.6 is 35.6 Å². The lowest BCUT2D eigenvalue weighted by Gasteiger charge is -1.96. The molecule has 1 aromatic carbocycles. The van der Waals surface area contributed by atoms with Crippen LogP contribution in [0.4, 0.5) is 0 Å². The van der Waals surface area contributed by atoms with Gasteiger partial charge in [0.05, 0.1) is 9.90 Å². The lowest BCUT2D eigenvalue weighted by Crippen LogP contribution is -1.70. The van der Waals surface area contributed by atoms with Crippen LogP contribution in [0.2, 0.25) is 5.02 Å². The Kier molecular flexibility index (Phi) is 2.32. The SMILES string of the molecule is O=Cc1cc2c(S)c(Cl)ccc2s1. The van der Waals surface area contributed by atoms with Crippen molar-refractivity contribution in [2.45, 2.75) is 4.90 Å². The van der Waals surface area contributed by atoms with E-state index in [1.165, 1.54) is 11.3 Å². The van der Waals surface area contributed by atoms with Crippen LogP contribution in [0, 0.1) is 0 Å². The molecule has 0 fully saturated rings. The lowest BCUT2D eigenvalue weighted by atomic mass is 10.2. The number of halogens is 1. The van der Waals surface area contributed by atoms with Crippen molar-refractivity contribution in [3.05, 3.63) is 28.1 Å². The molecule has 1 heterocycles. The van der Waals surface area contributed by atoms with Crippen molar-refractivity contribution in [3.63, 3.8) is 0 Å². The molecule has 0 radical (unpaired) electrons. The highest BCUT2D eigenvalue weighted by Crippen LogP contribution is 2.33. The predicted octanol–water partition coefficient (Wildman–Crippen LogP) is 3.66. The number of aldehydes is 1. The van der Waals surface area contributed by atoms with Crippen LogP contribution in [-0.4, -0.2) is 6.29 Å². The van der Waals surface area contributed by atoms with Gasteiger partial charge >= 0.3 is 0 Å². The molecule has 4 heteroatoms. The summed E-state index contributed by atoms with van der Waals surface area (Å²) in [5.41, 5.74) is 0. The topological polar surface area (TPSA) is 17.1 Å².